The number of fused-ring (bicyclic) bond motifs is 1. The summed E-state index contributed by atoms with van der Waals surface area (Å²) in [4.78, 5) is 27.8. The zero-order valence-electron chi connectivity index (χ0n) is 20.4. The highest BCUT2D eigenvalue weighted by Gasteiger charge is 2.28. The van der Waals surface area contributed by atoms with Gasteiger partial charge in [0.05, 0.1) is 12.3 Å². The van der Waals surface area contributed by atoms with Gasteiger partial charge >= 0.3 is 6.01 Å². The minimum atomic E-state index is -0.195. The van der Waals surface area contributed by atoms with Crippen LogP contribution in [0.3, 0.4) is 0 Å². The van der Waals surface area contributed by atoms with Gasteiger partial charge in [-0.05, 0) is 61.9 Å². The van der Waals surface area contributed by atoms with Crippen LogP contribution in [0.5, 0.6) is 6.01 Å². The Bertz CT molecular complexity index is 1050. The smallest absolute Gasteiger partial charge is 0.318 e. The minimum Gasteiger partial charge on any atom is -0.464 e. The number of benzene rings is 1. The fourth-order valence-electron chi connectivity index (χ4n) is 5.11. The van der Waals surface area contributed by atoms with Crippen LogP contribution >= 0.6 is 0 Å². The van der Waals surface area contributed by atoms with Gasteiger partial charge in [0, 0.05) is 51.0 Å². The molecule has 3 heterocycles. The summed E-state index contributed by atoms with van der Waals surface area (Å²) >= 11 is 0. The third-order valence-corrected chi connectivity index (χ3v) is 6.72. The van der Waals surface area contributed by atoms with Crippen LogP contribution in [-0.4, -0.2) is 67.2 Å². The standard InChI is InChI=1S/C26H34FN5O2/c1-5-21-22(15-18-14-19-16-20(27)8-9-23(19)30(4)17-18)28-26(34-7-3)29-25(21)32-12-10-31(11-13-32)24(33)6-2/h6,8-9,16,18H,2,5,7,10-15,17H2,1,3-4H3/t18-/m0/s1. The fraction of sp³-hybridized carbons (Fsp3) is 0.500. The van der Waals surface area contributed by atoms with Gasteiger partial charge < -0.3 is 19.4 Å². The van der Waals surface area contributed by atoms with Crippen molar-refractivity contribution in [1.29, 1.82) is 0 Å². The third kappa shape index (κ3) is 5.00. The van der Waals surface area contributed by atoms with Crippen molar-refractivity contribution in [1.82, 2.24) is 14.9 Å². The lowest BCUT2D eigenvalue weighted by Gasteiger charge is -2.36. The molecule has 0 spiro atoms. The number of carbonyl (C=O) groups excluding carboxylic acids is 1. The zero-order valence-corrected chi connectivity index (χ0v) is 20.4. The Balaban J connectivity index is 1.60. The SMILES string of the molecule is C=CC(=O)N1CCN(c2nc(OCC)nc(C[C@@H]3Cc4cc(F)ccc4N(C)C3)c2CC)CC1. The molecule has 0 radical (unpaired) electrons. The second-order valence-electron chi connectivity index (χ2n) is 8.99. The molecule has 8 heteroatoms. The first-order valence-corrected chi connectivity index (χ1v) is 12.1. The van der Waals surface area contributed by atoms with Crippen LogP contribution in [-0.2, 0) is 24.1 Å². The number of carbonyl (C=O) groups is 1. The Kier molecular flexibility index (Phi) is 7.34. The van der Waals surface area contributed by atoms with Gasteiger partial charge in [-0.3, -0.25) is 4.79 Å². The van der Waals surface area contributed by atoms with Gasteiger partial charge in [-0.15, -0.1) is 0 Å². The Hall–Kier alpha value is -3.16. The van der Waals surface area contributed by atoms with Gasteiger partial charge in [0.15, 0.2) is 0 Å². The normalized spacial score (nSPS) is 18.0. The van der Waals surface area contributed by atoms with E-state index in [2.05, 4.69) is 30.4 Å². The van der Waals surface area contributed by atoms with Gasteiger partial charge in [0.2, 0.25) is 5.91 Å². The van der Waals surface area contributed by atoms with Crippen molar-refractivity contribution in [2.45, 2.75) is 33.1 Å². The van der Waals surface area contributed by atoms with Crippen molar-refractivity contribution in [3.8, 4) is 6.01 Å². The largest absolute Gasteiger partial charge is 0.464 e. The molecule has 2 aliphatic heterocycles. The highest BCUT2D eigenvalue weighted by molar-refractivity contribution is 5.87. The number of aromatic nitrogens is 2. The number of nitrogens with zero attached hydrogens (tertiary/aromatic N) is 5. The van der Waals surface area contributed by atoms with Gasteiger partial charge in [-0.25, -0.2) is 4.39 Å². The molecule has 0 bridgehead atoms. The highest BCUT2D eigenvalue weighted by atomic mass is 19.1. The summed E-state index contributed by atoms with van der Waals surface area (Å²) in [5.41, 5.74) is 4.26. The van der Waals surface area contributed by atoms with Crippen LogP contribution in [0, 0.1) is 11.7 Å². The minimum absolute atomic E-state index is 0.0353. The van der Waals surface area contributed by atoms with E-state index >= 15 is 0 Å². The summed E-state index contributed by atoms with van der Waals surface area (Å²) in [5.74, 6) is 0.979. The zero-order chi connectivity index (χ0) is 24.2. The lowest BCUT2D eigenvalue weighted by molar-refractivity contribution is -0.126. The monoisotopic (exact) mass is 467 g/mol. The first-order valence-electron chi connectivity index (χ1n) is 12.1. The molecule has 2 aromatic rings. The molecule has 1 fully saturated rings. The van der Waals surface area contributed by atoms with Crippen molar-refractivity contribution in [2.75, 3.05) is 56.2 Å². The molecule has 0 aliphatic carbocycles. The third-order valence-electron chi connectivity index (χ3n) is 6.72. The summed E-state index contributed by atoms with van der Waals surface area (Å²) in [6, 6.07) is 5.44. The first-order chi connectivity index (χ1) is 16.4. The molecule has 1 aromatic heterocycles. The van der Waals surface area contributed by atoms with Crippen molar-refractivity contribution < 1.29 is 13.9 Å². The van der Waals surface area contributed by atoms with E-state index < -0.39 is 0 Å². The lowest BCUT2D eigenvalue weighted by atomic mass is 9.88. The van der Waals surface area contributed by atoms with Gasteiger partial charge in [0.1, 0.15) is 11.6 Å². The number of halogens is 1. The van der Waals surface area contributed by atoms with Crippen LogP contribution < -0.4 is 14.5 Å². The predicted octanol–water partition coefficient (Wildman–Crippen LogP) is 3.26. The molecule has 34 heavy (non-hydrogen) atoms. The lowest BCUT2D eigenvalue weighted by Crippen LogP contribution is -2.49. The molecule has 4 rings (SSSR count). The molecule has 2 aliphatic rings. The van der Waals surface area contributed by atoms with E-state index in [4.69, 9.17) is 14.7 Å². The molecule has 182 valence electrons. The Labute approximate surface area is 201 Å². The molecule has 0 saturated carbocycles. The van der Waals surface area contributed by atoms with E-state index in [1.165, 1.54) is 12.1 Å². The molecule has 1 saturated heterocycles. The summed E-state index contributed by atoms with van der Waals surface area (Å²) in [5, 5.41) is 0. The maximum absolute atomic E-state index is 13.9. The molecule has 1 aromatic carbocycles. The van der Waals surface area contributed by atoms with E-state index in [9.17, 15) is 9.18 Å². The van der Waals surface area contributed by atoms with E-state index in [1.807, 2.05) is 17.9 Å². The van der Waals surface area contributed by atoms with Crippen LogP contribution in [0.2, 0.25) is 0 Å². The van der Waals surface area contributed by atoms with Crippen molar-refractivity contribution in [2.24, 2.45) is 5.92 Å². The summed E-state index contributed by atoms with van der Waals surface area (Å²) in [6.45, 7) is 11.7. The molecule has 7 nitrogen and oxygen atoms in total. The Morgan fingerprint density at radius 1 is 1.24 bits per heavy atom. The average Bonchev–Trinajstić information content (AvgIpc) is 2.83. The molecule has 0 N–H and O–H groups in total. The quantitative estimate of drug-likeness (QED) is 0.583. The molecule has 0 unspecified atom stereocenters. The Morgan fingerprint density at radius 3 is 2.68 bits per heavy atom. The van der Waals surface area contributed by atoms with Crippen LogP contribution in [0.25, 0.3) is 0 Å². The number of ether oxygens (including phenoxy) is 1. The van der Waals surface area contributed by atoms with E-state index in [0.29, 0.717) is 44.7 Å². The first kappa shape index (κ1) is 24.0. The highest BCUT2D eigenvalue weighted by Crippen LogP contribution is 2.33. The number of hydrogen-bond donors (Lipinski definition) is 0. The predicted molar refractivity (Wildman–Crippen MR) is 132 cm³/mol. The topological polar surface area (TPSA) is 61.8 Å². The molecular formula is C26H34FN5O2. The van der Waals surface area contributed by atoms with Crippen molar-refractivity contribution in [3.05, 3.63) is 53.5 Å². The van der Waals surface area contributed by atoms with Gasteiger partial charge in [0.25, 0.3) is 0 Å². The number of piperazine rings is 1. The maximum Gasteiger partial charge on any atom is 0.318 e. The van der Waals surface area contributed by atoms with E-state index in [-0.39, 0.29) is 11.7 Å². The van der Waals surface area contributed by atoms with Crippen molar-refractivity contribution in [3.63, 3.8) is 0 Å². The summed E-state index contributed by atoms with van der Waals surface area (Å²) < 4.78 is 19.6. The summed E-state index contributed by atoms with van der Waals surface area (Å²) in [6.07, 6.45) is 3.76. The number of rotatable bonds is 7. The molecular weight excluding hydrogens is 433 g/mol. The second-order valence-corrected chi connectivity index (χ2v) is 8.99. The van der Waals surface area contributed by atoms with Crippen LogP contribution in [0.15, 0.2) is 30.9 Å². The van der Waals surface area contributed by atoms with Crippen LogP contribution in [0.4, 0.5) is 15.9 Å². The van der Waals surface area contributed by atoms with Gasteiger partial charge in [-0.1, -0.05) is 13.5 Å². The maximum atomic E-state index is 13.9. The Morgan fingerprint density at radius 2 is 2.00 bits per heavy atom. The van der Waals surface area contributed by atoms with E-state index in [0.717, 1.165) is 54.1 Å². The van der Waals surface area contributed by atoms with Crippen molar-refractivity contribution >= 4 is 17.4 Å². The second kappa shape index (κ2) is 10.4. The number of hydrogen-bond acceptors (Lipinski definition) is 6. The number of amides is 1. The summed E-state index contributed by atoms with van der Waals surface area (Å²) in [7, 11) is 2.06. The molecule has 1 atom stereocenters. The molecule has 1 amide bonds. The average molecular weight is 468 g/mol. The number of anilines is 2. The van der Waals surface area contributed by atoms with Crippen LogP contribution in [0.1, 0.15) is 30.7 Å². The van der Waals surface area contributed by atoms with Gasteiger partial charge in [-0.2, -0.15) is 9.97 Å². The fourth-order valence-corrected chi connectivity index (χ4v) is 5.11. The van der Waals surface area contributed by atoms with E-state index in [1.54, 1.807) is 6.07 Å².